The van der Waals surface area contributed by atoms with E-state index in [1.165, 1.54) is 12.1 Å². The van der Waals surface area contributed by atoms with Crippen LogP contribution in [0.25, 0.3) is 0 Å². The Morgan fingerprint density at radius 3 is 2.88 bits per heavy atom. The maximum absolute atomic E-state index is 11.5. The topological polar surface area (TPSA) is 72.2 Å². The summed E-state index contributed by atoms with van der Waals surface area (Å²) in [6.07, 6.45) is 4.97. The quantitative estimate of drug-likeness (QED) is 0.494. The van der Waals surface area contributed by atoms with E-state index in [1.807, 2.05) is 0 Å². The van der Waals surface area contributed by atoms with Gasteiger partial charge in [-0.1, -0.05) is 17.5 Å². The number of hydrogen-bond acceptors (Lipinski definition) is 3. The molecule has 0 unspecified atom stereocenters. The SMILES string of the molecule is C#CCNC(=O)c1cc([N+](=O)[O-])ccc1Cl. The third kappa shape index (κ3) is 2.72. The number of nitrogens with one attached hydrogen (secondary N) is 1. The summed E-state index contributed by atoms with van der Waals surface area (Å²) >= 11 is 5.74. The standard InChI is InChI=1S/C10H7ClN2O3/c1-2-5-12-10(14)8-6-7(13(15)16)3-4-9(8)11/h1,3-4,6H,5H2,(H,12,14). The van der Waals surface area contributed by atoms with Crippen molar-refractivity contribution in [2.24, 2.45) is 0 Å². The molecule has 0 saturated heterocycles. The highest BCUT2D eigenvalue weighted by molar-refractivity contribution is 6.33. The third-order valence-electron chi connectivity index (χ3n) is 1.76. The number of nitro groups is 1. The lowest BCUT2D eigenvalue weighted by molar-refractivity contribution is -0.384. The Morgan fingerprint density at radius 2 is 2.31 bits per heavy atom. The molecule has 1 aromatic rings. The summed E-state index contributed by atoms with van der Waals surface area (Å²) in [4.78, 5) is 21.4. The molecule has 6 heteroatoms. The fraction of sp³-hybridized carbons (Fsp3) is 0.100. The van der Waals surface area contributed by atoms with Crippen molar-refractivity contribution in [1.82, 2.24) is 5.32 Å². The number of halogens is 1. The van der Waals surface area contributed by atoms with E-state index in [9.17, 15) is 14.9 Å². The molecule has 0 fully saturated rings. The lowest BCUT2D eigenvalue weighted by Crippen LogP contribution is -2.23. The Balaban J connectivity index is 3.03. The Hall–Kier alpha value is -2.06. The first-order valence-corrected chi connectivity index (χ1v) is 4.59. The minimum absolute atomic E-state index is 0.0334. The first-order chi connectivity index (χ1) is 7.56. The van der Waals surface area contributed by atoms with Gasteiger partial charge < -0.3 is 5.32 Å². The summed E-state index contributed by atoms with van der Waals surface area (Å²) < 4.78 is 0. The summed E-state index contributed by atoms with van der Waals surface area (Å²) in [7, 11) is 0. The molecule has 0 aliphatic carbocycles. The lowest BCUT2D eigenvalue weighted by atomic mass is 10.2. The van der Waals surface area contributed by atoms with Gasteiger partial charge in [0, 0.05) is 12.1 Å². The maximum Gasteiger partial charge on any atom is 0.270 e. The first kappa shape index (κ1) is 12.0. The number of rotatable bonds is 3. The van der Waals surface area contributed by atoms with E-state index >= 15 is 0 Å². The summed E-state index contributed by atoms with van der Waals surface area (Å²) in [5.41, 5.74) is -0.165. The van der Waals surface area contributed by atoms with Gasteiger partial charge in [-0.2, -0.15) is 0 Å². The van der Waals surface area contributed by atoms with Crippen LogP contribution in [-0.4, -0.2) is 17.4 Å². The minimum Gasteiger partial charge on any atom is -0.341 e. The van der Waals surface area contributed by atoms with Crippen LogP contribution in [0.5, 0.6) is 0 Å². The number of carbonyl (C=O) groups is 1. The number of benzene rings is 1. The van der Waals surface area contributed by atoms with Crippen LogP contribution in [0.1, 0.15) is 10.4 Å². The number of hydrogen-bond donors (Lipinski definition) is 1. The largest absolute Gasteiger partial charge is 0.341 e. The Kier molecular flexibility index (Phi) is 3.86. The summed E-state index contributed by atoms with van der Waals surface area (Å²) in [5.74, 6) is 1.68. The molecule has 1 rings (SSSR count). The molecule has 0 saturated carbocycles. The van der Waals surface area contributed by atoms with Crippen molar-refractivity contribution in [2.45, 2.75) is 0 Å². The highest BCUT2D eigenvalue weighted by Crippen LogP contribution is 2.21. The molecule has 0 aliphatic heterocycles. The van der Waals surface area contributed by atoms with Crippen LogP contribution in [-0.2, 0) is 0 Å². The van der Waals surface area contributed by atoms with Crippen molar-refractivity contribution in [2.75, 3.05) is 6.54 Å². The van der Waals surface area contributed by atoms with Crippen molar-refractivity contribution < 1.29 is 9.72 Å². The van der Waals surface area contributed by atoms with E-state index in [2.05, 4.69) is 11.2 Å². The van der Waals surface area contributed by atoms with Crippen LogP contribution in [0.4, 0.5) is 5.69 Å². The lowest BCUT2D eigenvalue weighted by Gasteiger charge is -2.03. The molecule has 0 bridgehead atoms. The average molecular weight is 239 g/mol. The van der Waals surface area contributed by atoms with E-state index in [1.54, 1.807) is 0 Å². The monoisotopic (exact) mass is 238 g/mol. The van der Waals surface area contributed by atoms with E-state index in [-0.39, 0.29) is 22.8 Å². The van der Waals surface area contributed by atoms with Gasteiger partial charge in [-0.15, -0.1) is 6.42 Å². The molecule has 0 atom stereocenters. The molecule has 1 N–H and O–H groups in total. The maximum atomic E-state index is 11.5. The van der Waals surface area contributed by atoms with Gasteiger partial charge in [0.1, 0.15) is 0 Å². The summed E-state index contributed by atoms with van der Waals surface area (Å²) in [6, 6.07) is 3.62. The highest BCUT2D eigenvalue weighted by atomic mass is 35.5. The Labute approximate surface area is 96.6 Å². The molecule has 0 aliphatic rings. The molecular weight excluding hydrogens is 232 g/mol. The second-order valence-electron chi connectivity index (χ2n) is 2.81. The van der Waals surface area contributed by atoms with Crippen molar-refractivity contribution in [3.63, 3.8) is 0 Å². The second-order valence-corrected chi connectivity index (χ2v) is 3.22. The van der Waals surface area contributed by atoms with Gasteiger partial charge in [0.15, 0.2) is 0 Å². The number of terminal acetylenes is 1. The molecule has 82 valence electrons. The normalized spacial score (nSPS) is 9.25. The molecule has 1 amide bonds. The molecule has 0 spiro atoms. The van der Waals surface area contributed by atoms with Gasteiger partial charge in [0.2, 0.25) is 0 Å². The predicted molar refractivity (Wildman–Crippen MR) is 59.3 cm³/mol. The van der Waals surface area contributed by atoms with E-state index < -0.39 is 10.8 Å². The smallest absolute Gasteiger partial charge is 0.270 e. The summed E-state index contributed by atoms with van der Waals surface area (Å²) in [6.45, 7) is 0.0395. The molecule has 5 nitrogen and oxygen atoms in total. The van der Waals surface area contributed by atoms with Gasteiger partial charge in [-0.05, 0) is 6.07 Å². The van der Waals surface area contributed by atoms with Gasteiger partial charge in [-0.25, -0.2) is 0 Å². The van der Waals surface area contributed by atoms with E-state index in [0.29, 0.717) is 0 Å². The van der Waals surface area contributed by atoms with Crippen LogP contribution >= 0.6 is 11.6 Å². The molecule has 0 radical (unpaired) electrons. The fourth-order valence-corrected chi connectivity index (χ4v) is 1.23. The van der Waals surface area contributed by atoms with Crippen LogP contribution < -0.4 is 5.32 Å². The summed E-state index contributed by atoms with van der Waals surface area (Å²) in [5, 5.41) is 13.0. The number of nitrogens with zero attached hydrogens (tertiary/aromatic N) is 1. The van der Waals surface area contributed by atoms with Gasteiger partial charge in [0.05, 0.1) is 22.1 Å². The van der Waals surface area contributed by atoms with Crippen LogP contribution in [0.2, 0.25) is 5.02 Å². The highest BCUT2D eigenvalue weighted by Gasteiger charge is 2.14. The Morgan fingerprint density at radius 1 is 1.62 bits per heavy atom. The Bertz CT molecular complexity index is 479. The first-order valence-electron chi connectivity index (χ1n) is 4.22. The molecule has 16 heavy (non-hydrogen) atoms. The fourth-order valence-electron chi connectivity index (χ4n) is 1.03. The van der Waals surface area contributed by atoms with Crippen molar-refractivity contribution in [3.05, 3.63) is 38.9 Å². The molecule has 0 aromatic heterocycles. The minimum atomic E-state index is -0.603. The average Bonchev–Trinajstić information content (AvgIpc) is 2.26. The van der Waals surface area contributed by atoms with Gasteiger partial charge in [-0.3, -0.25) is 14.9 Å². The van der Waals surface area contributed by atoms with Crippen molar-refractivity contribution >= 4 is 23.2 Å². The molecule has 1 aromatic carbocycles. The number of non-ortho nitro benzene ring substituents is 1. The van der Waals surface area contributed by atoms with Crippen LogP contribution in [0, 0.1) is 22.5 Å². The van der Waals surface area contributed by atoms with Crippen molar-refractivity contribution in [1.29, 1.82) is 0 Å². The predicted octanol–water partition coefficient (Wildman–Crippen LogP) is 1.61. The van der Waals surface area contributed by atoms with E-state index in [0.717, 1.165) is 6.07 Å². The van der Waals surface area contributed by atoms with Gasteiger partial charge in [0.25, 0.3) is 11.6 Å². The van der Waals surface area contributed by atoms with Crippen LogP contribution in [0.3, 0.4) is 0 Å². The number of amides is 1. The zero-order valence-corrected chi connectivity index (χ0v) is 8.82. The number of nitro benzene ring substituents is 1. The second kappa shape index (κ2) is 5.14. The molecule has 0 heterocycles. The number of carbonyl (C=O) groups excluding carboxylic acids is 1. The zero-order chi connectivity index (χ0) is 12.1. The van der Waals surface area contributed by atoms with Gasteiger partial charge >= 0.3 is 0 Å². The van der Waals surface area contributed by atoms with Crippen LogP contribution in [0.15, 0.2) is 18.2 Å². The third-order valence-corrected chi connectivity index (χ3v) is 2.09. The van der Waals surface area contributed by atoms with Crippen molar-refractivity contribution in [3.8, 4) is 12.3 Å². The van der Waals surface area contributed by atoms with E-state index in [4.69, 9.17) is 18.0 Å². The zero-order valence-electron chi connectivity index (χ0n) is 8.07. The molecular formula is C10H7ClN2O3.